The van der Waals surface area contributed by atoms with Crippen molar-refractivity contribution in [2.24, 2.45) is 0 Å². The van der Waals surface area contributed by atoms with Gasteiger partial charge in [-0.05, 0) is 39.5 Å². The quantitative estimate of drug-likeness (QED) is 0.453. The maximum absolute atomic E-state index is 12.9. The lowest BCUT2D eigenvalue weighted by atomic mass is 10.1. The zero-order chi connectivity index (χ0) is 15.1. The molecule has 0 aromatic heterocycles. The first-order chi connectivity index (χ1) is 9.41. The maximum Gasteiger partial charge on any atom is 0.270 e. The van der Waals surface area contributed by atoms with Crippen molar-refractivity contribution in [1.29, 1.82) is 0 Å². The van der Waals surface area contributed by atoms with E-state index in [1.807, 2.05) is 14.1 Å². The van der Waals surface area contributed by atoms with E-state index >= 15 is 0 Å². The molecular formula is C13H19F2N3O2. The van der Waals surface area contributed by atoms with E-state index in [-0.39, 0.29) is 16.9 Å². The molecule has 0 aliphatic heterocycles. The molecule has 7 heteroatoms. The first kappa shape index (κ1) is 16.3. The number of halogens is 2. The Morgan fingerprint density at radius 1 is 1.35 bits per heavy atom. The third-order valence-corrected chi connectivity index (χ3v) is 2.83. The van der Waals surface area contributed by atoms with Crippen LogP contribution in [0.15, 0.2) is 18.2 Å². The van der Waals surface area contributed by atoms with Gasteiger partial charge in [0.15, 0.2) is 0 Å². The maximum atomic E-state index is 12.9. The minimum Gasteiger partial charge on any atom is -0.385 e. The van der Waals surface area contributed by atoms with Crippen LogP contribution in [0.2, 0.25) is 0 Å². The number of benzene rings is 1. The second-order valence-corrected chi connectivity index (χ2v) is 4.77. The number of non-ortho nitro benzene ring substituents is 1. The zero-order valence-electron chi connectivity index (χ0n) is 11.6. The molecule has 0 radical (unpaired) electrons. The highest BCUT2D eigenvalue weighted by Crippen LogP contribution is 2.30. The molecule has 1 N–H and O–H groups in total. The number of hydrogen-bond donors (Lipinski definition) is 1. The van der Waals surface area contributed by atoms with Gasteiger partial charge in [0.2, 0.25) is 0 Å². The van der Waals surface area contributed by atoms with Crippen LogP contribution in [0.5, 0.6) is 0 Å². The number of hydrogen-bond acceptors (Lipinski definition) is 4. The monoisotopic (exact) mass is 287 g/mol. The summed E-state index contributed by atoms with van der Waals surface area (Å²) < 4.78 is 25.8. The Kier molecular flexibility index (Phi) is 6.30. The van der Waals surface area contributed by atoms with E-state index in [1.54, 1.807) is 0 Å². The molecule has 5 nitrogen and oxygen atoms in total. The Balaban J connectivity index is 2.62. The van der Waals surface area contributed by atoms with E-state index in [1.165, 1.54) is 12.1 Å². The highest BCUT2D eigenvalue weighted by molar-refractivity contribution is 5.56. The van der Waals surface area contributed by atoms with Crippen LogP contribution in [0.1, 0.15) is 24.8 Å². The van der Waals surface area contributed by atoms with Gasteiger partial charge in [0.1, 0.15) is 0 Å². The fourth-order valence-electron chi connectivity index (χ4n) is 1.78. The summed E-state index contributed by atoms with van der Waals surface area (Å²) in [6.45, 7) is 1.50. The van der Waals surface area contributed by atoms with Crippen molar-refractivity contribution in [3.05, 3.63) is 33.9 Å². The molecule has 1 aromatic rings. The number of alkyl halides is 2. The molecule has 112 valence electrons. The van der Waals surface area contributed by atoms with Crippen molar-refractivity contribution in [2.45, 2.75) is 19.3 Å². The topological polar surface area (TPSA) is 58.4 Å². The number of rotatable bonds is 8. The molecule has 0 atom stereocenters. The number of nitrogens with zero attached hydrogens (tertiary/aromatic N) is 2. The van der Waals surface area contributed by atoms with Gasteiger partial charge in [0, 0.05) is 29.9 Å². The Bertz CT molecular complexity index is 453. The van der Waals surface area contributed by atoms with Gasteiger partial charge in [-0.1, -0.05) is 0 Å². The summed E-state index contributed by atoms with van der Waals surface area (Å²) in [4.78, 5) is 12.0. The molecule has 0 aliphatic rings. The van der Waals surface area contributed by atoms with E-state index in [2.05, 4.69) is 10.2 Å². The van der Waals surface area contributed by atoms with E-state index in [0.29, 0.717) is 6.54 Å². The molecule has 0 bridgehead atoms. The van der Waals surface area contributed by atoms with Crippen LogP contribution in [-0.4, -0.2) is 37.0 Å². The fraction of sp³-hybridized carbons (Fsp3) is 0.538. The van der Waals surface area contributed by atoms with Gasteiger partial charge in [-0.25, -0.2) is 8.78 Å². The molecule has 0 heterocycles. The summed E-state index contributed by atoms with van der Waals surface area (Å²) in [6, 6.07) is 3.49. The van der Waals surface area contributed by atoms with Crippen molar-refractivity contribution in [1.82, 2.24) is 4.90 Å². The van der Waals surface area contributed by atoms with Crippen LogP contribution >= 0.6 is 0 Å². The molecule has 1 aromatic carbocycles. The van der Waals surface area contributed by atoms with Crippen molar-refractivity contribution in [2.75, 3.05) is 32.5 Å². The molecule has 0 aliphatic carbocycles. The predicted octanol–water partition coefficient (Wildman–Crippen LogP) is 3.29. The van der Waals surface area contributed by atoms with Gasteiger partial charge >= 0.3 is 0 Å². The molecule has 0 unspecified atom stereocenters. The number of nitro benzene ring substituents is 1. The SMILES string of the molecule is CN(C)CCCCNc1ccc([N+](=O)[O-])cc1C(F)F. The lowest BCUT2D eigenvalue weighted by molar-refractivity contribution is -0.385. The van der Waals surface area contributed by atoms with E-state index in [0.717, 1.165) is 25.5 Å². The average Bonchev–Trinajstić information content (AvgIpc) is 2.37. The molecule has 0 fully saturated rings. The molecule has 20 heavy (non-hydrogen) atoms. The highest BCUT2D eigenvalue weighted by Gasteiger charge is 2.17. The Morgan fingerprint density at radius 3 is 2.60 bits per heavy atom. The number of unbranched alkanes of at least 4 members (excludes halogenated alkanes) is 1. The van der Waals surface area contributed by atoms with Crippen LogP contribution < -0.4 is 5.32 Å². The van der Waals surface area contributed by atoms with Crippen LogP contribution in [-0.2, 0) is 0 Å². The second kappa shape index (κ2) is 7.74. The molecule has 1 rings (SSSR count). The van der Waals surface area contributed by atoms with Crippen LogP contribution in [0.4, 0.5) is 20.2 Å². The van der Waals surface area contributed by atoms with Crippen molar-refractivity contribution >= 4 is 11.4 Å². The highest BCUT2D eigenvalue weighted by atomic mass is 19.3. The fourth-order valence-corrected chi connectivity index (χ4v) is 1.78. The smallest absolute Gasteiger partial charge is 0.270 e. The van der Waals surface area contributed by atoms with Crippen LogP contribution in [0.25, 0.3) is 0 Å². The molecular weight excluding hydrogens is 268 g/mol. The van der Waals surface area contributed by atoms with Gasteiger partial charge in [0.25, 0.3) is 12.1 Å². The minimum absolute atomic E-state index is 0.260. The van der Waals surface area contributed by atoms with E-state index < -0.39 is 11.3 Å². The van der Waals surface area contributed by atoms with Gasteiger partial charge in [-0.15, -0.1) is 0 Å². The summed E-state index contributed by atoms with van der Waals surface area (Å²) >= 11 is 0. The summed E-state index contributed by atoms with van der Waals surface area (Å²) in [7, 11) is 3.94. The Hall–Kier alpha value is -1.76. The Labute approximate surface area is 116 Å². The van der Waals surface area contributed by atoms with Gasteiger partial charge in [-0.3, -0.25) is 10.1 Å². The van der Waals surface area contributed by atoms with Crippen molar-refractivity contribution in [3.8, 4) is 0 Å². The van der Waals surface area contributed by atoms with Gasteiger partial charge in [-0.2, -0.15) is 0 Å². The lowest BCUT2D eigenvalue weighted by Crippen LogP contribution is -2.14. The average molecular weight is 287 g/mol. The van der Waals surface area contributed by atoms with Gasteiger partial charge in [0.05, 0.1) is 4.92 Å². The number of nitrogens with one attached hydrogen (secondary N) is 1. The second-order valence-electron chi connectivity index (χ2n) is 4.77. The first-order valence-electron chi connectivity index (χ1n) is 6.37. The predicted molar refractivity (Wildman–Crippen MR) is 74.3 cm³/mol. The Morgan fingerprint density at radius 2 is 2.05 bits per heavy atom. The van der Waals surface area contributed by atoms with E-state index in [4.69, 9.17) is 0 Å². The van der Waals surface area contributed by atoms with E-state index in [9.17, 15) is 18.9 Å². The van der Waals surface area contributed by atoms with Crippen molar-refractivity contribution < 1.29 is 13.7 Å². The molecule has 0 saturated heterocycles. The number of nitro groups is 1. The number of anilines is 1. The van der Waals surface area contributed by atoms with Gasteiger partial charge < -0.3 is 10.2 Å². The third kappa shape index (κ3) is 5.08. The van der Waals surface area contributed by atoms with Crippen LogP contribution in [0.3, 0.4) is 0 Å². The zero-order valence-corrected chi connectivity index (χ0v) is 11.6. The minimum atomic E-state index is -2.74. The summed E-state index contributed by atoms with van der Waals surface area (Å²) in [5.41, 5.74) is -0.388. The molecule has 0 saturated carbocycles. The normalized spacial score (nSPS) is 11.1. The summed E-state index contributed by atoms with van der Waals surface area (Å²) in [6.07, 6.45) is -0.936. The third-order valence-electron chi connectivity index (χ3n) is 2.83. The largest absolute Gasteiger partial charge is 0.385 e. The lowest BCUT2D eigenvalue weighted by Gasteiger charge is -2.12. The molecule has 0 spiro atoms. The summed E-state index contributed by atoms with van der Waals surface area (Å²) in [5.74, 6) is 0. The van der Waals surface area contributed by atoms with Crippen LogP contribution in [0, 0.1) is 10.1 Å². The molecule has 0 amide bonds. The summed E-state index contributed by atoms with van der Waals surface area (Å²) in [5, 5.41) is 13.5. The van der Waals surface area contributed by atoms with Crippen molar-refractivity contribution in [3.63, 3.8) is 0 Å². The first-order valence-corrected chi connectivity index (χ1v) is 6.37. The standard InChI is InChI=1S/C13H19F2N3O2/c1-17(2)8-4-3-7-16-12-6-5-10(18(19)20)9-11(12)13(14)15/h5-6,9,13,16H,3-4,7-8H2,1-2H3.